The number of halogens is 2. The van der Waals surface area contributed by atoms with Crippen LogP contribution in [0.25, 0.3) is 0 Å². The molecule has 0 saturated carbocycles. The molecule has 1 atom stereocenters. The SMILES string of the molecule is CC(C)CCCC(O)c1cc(Br)ccc1F. The van der Waals surface area contributed by atoms with Gasteiger partial charge in [0.25, 0.3) is 0 Å². The van der Waals surface area contributed by atoms with E-state index in [1.165, 1.54) is 6.07 Å². The van der Waals surface area contributed by atoms with Crippen LogP contribution in [0.1, 0.15) is 44.8 Å². The molecule has 1 N–H and O–H groups in total. The van der Waals surface area contributed by atoms with Crippen molar-refractivity contribution >= 4 is 15.9 Å². The third-order valence-corrected chi connectivity index (χ3v) is 3.07. The van der Waals surface area contributed by atoms with Crippen molar-refractivity contribution in [2.45, 2.75) is 39.2 Å². The first kappa shape index (κ1) is 13.7. The van der Waals surface area contributed by atoms with Crippen molar-refractivity contribution in [2.24, 2.45) is 5.92 Å². The first-order valence-electron chi connectivity index (χ1n) is 5.63. The molecule has 0 radical (unpaired) electrons. The van der Waals surface area contributed by atoms with Crippen LogP contribution >= 0.6 is 15.9 Å². The molecule has 1 unspecified atom stereocenters. The number of hydrogen-bond donors (Lipinski definition) is 1. The highest BCUT2D eigenvalue weighted by atomic mass is 79.9. The van der Waals surface area contributed by atoms with Crippen LogP contribution in [0, 0.1) is 11.7 Å². The molecule has 1 aromatic carbocycles. The molecule has 16 heavy (non-hydrogen) atoms. The van der Waals surface area contributed by atoms with Gasteiger partial charge < -0.3 is 5.11 Å². The quantitative estimate of drug-likeness (QED) is 0.849. The fourth-order valence-electron chi connectivity index (χ4n) is 1.64. The van der Waals surface area contributed by atoms with Gasteiger partial charge in [0, 0.05) is 10.0 Å². The molecule has 1 rings (SSSR count). The predicted octanol–water partition coefficient (Wildman–Crippen LogP) is 4.45. The minimum Gasteiger partial charge on any atom is -0.388 e. The van der Waals surface area contributed by atoms with E-state index in [4.69, 9.17) is 0 Å². The zero-order chi connectivity index (χ0) is 12.1. The number of benzene rings is 1. The minimum atomic E-state index is -0.698. The maximum Gasteiger partial charge on any atom is 0.129 e. The predicted molar refractivity (Wildman–Crippen MR) is 67.7 cm³/mol. The average Bonchev–Trinajstić information content (AvgIpc) is 2.21. The Balaban J connectivity index is 2.58. The van der Waals surface area contributed by atoms with E-state index >= 15 is 0 Å². The van der Waals surface area contributed by atoms with E-state index < -0.39 is 6.10 Å². The van der Waals surface area contributed by atoms with E-state index in [-0.39, 0.29) is 5.82 Å². The molecule has 90 valence electrons. The zero-order valence-corrected chi connectivity index (χ0v) is 11.3. The molecular formula is C13H18BrFO. The Kier molecular flexibility index (Phi) is 5.42. The summed E-state index contributed by atoms with van der Waals surface area (Å²) in [5, 5.41) is 9.88. The molecular weight excluding hydrogens is 271 g/mol. The fraction of sp³-hybridized carbons (Fsp3) is 0.538. The minimum absolute atomic E-state index is 0.333. The molecule has 3 heteroatoms. The van der Waals surface area contributed by atoms with E-state index in [0.29, 0.717) is 17.9 Å². The Bertz CT molecular complexity index is 339. The molecule has 0 fully saturated rings. The highest BCUT2D eigenvalue weighted by molar-refractivity contribution is 9.10. The maximum absolute atomic E-state index is 13.4. The van der Waals surface area contributed by atoms with Gasteiger partial charge in [0.1, 0.15) is 5.82 Å². The van der Waals surface area contributed by atoms with Crippen LogP contribution in [0.5, 0.6) is 0 Å². The van der Waals surface area contributed by atoms with Gasteiger partial charge in [-0.15, -0.1) is 0 Å². The van der Waals surface area contributed by atoms with Gasteiger partial charge in [0.05, 0.1) is 6.10 Å². The standard InChI is InChI=1S/C13H18BrFO/c1-9(2)4-3-5-13(16)11-8-10(14)6-7-12(11)15/h6-9,13,16H,3-5H2,1-2H3. The Hall–Kier alpha value is -0.410. The molecule has 0 aliphatic rings. The summed E-state index contributed by atoms with van der Waals surface area (Å²) in [6.45, 7) is 4.29. The summed E-state index contributed by atoms with van der Waals surface area (Å²) < 4.78 is 14.2. The maximum atomic E-state index is 13.4. The second kappa shape index (κ2) is 6.36. The summed E-state index contributed by atoms with van der Waals surface area (Å²) in [5.74, 6) is 0.291. The van der Waals surface area contributed by atoms with Crippen molar-refractivity contribution in [2.75, 3.05) is 0 Å². The summed E-state index contributed by atoms with van der Waals surface area (Å²) in [7, 11) is 0. The van der Waals surface area contributed by atoms with Gasteiger partial charge in [-0.1, -0.05) is 42.6 Å². The van der Waals surface area contributed by atoms with Crippen LogP contribution in [0.3, 0.4) is 0 Å². The van der Waals surface area contributed by atoms with E-state index in [2.05, 4.69) is 29.8 Å². The van der Waals surface area contributed by atoms with Crippen LogP contribution in [-0.2, 0) is 0 Å². The van der Waals surface area contributed by atoms with Crippen molar-refractivity contribution in [3.8, 4) is 0 Å². The zero-order valence-electron chi connectivity index (χ0n) is 9.71. The topological polar surface area (TPSA) is 20.2 Å². The van der Waals surface area contributed by atoms with Crippen LogP contribution in [0.15, 0.2) is 22.7 Å². The lowest BCUT2D eigenvalue weighted by molar-refractivity contribution is 0.157. The van der Waals surface area contributed by atoms with E-state index in [1.54, 1.807) is 12.1 Å². The number of aliphatic hydroxyl groups excluding tert-OH is 1. The highest BCUT2D eigenvalue weighted by Crippen LogP contribution is 2.25. The molecule has 0 saturated heterocycles. The van der Waals surface area contributed by atoms with E-state index in [1.807, 2.05) is 0 Å². The Morgan fingerprint density at radius 1 is 1.31 bits per heavy atom. The van der Waals surface area contributed by atoms with E-state index in [0.717, 1.165) is 17.3 Å². The van der Waals surface area contributed by atoms with Gasteiger partial charge in [-0.2, -0.15) is 0 Å². The van der Waals surface area contributed by atoms with Crippen LogP contribution in [0.2, 0.25) is 0 Å². The smallest absolute Gasteiger partial charge is 0.129 e. The average molecular weight is 289 g/mol. The van der Waals surface area contributed by atoms with Crippen molar-refractivity contribution in [3.63, 3.8) is 0 Å². The molecule has 0 amide bonds. The van der Waals surface area contributed by atoms with Gasteiger partial charge in [0.15, 0.2) is 0 Å². The van der Waals surface area contributed by atoms with Crippen molar-refractivity contribution in [1.29, 1.82) is 0 Å². The van der Waals surface area contributed by atoms with Gasteiger partial charge in [-0.05, 0) is 30.5 Å². The van der Waals surface area contributed by atoms with Crippen LogP contribution in [-0.4, -0.2) is 5.11 Å². The number of hydrogen-bond acceptors (Lipinski definition) is 1. The molecule has 0 heterocycles. The van der Waals surface area contributed by atoms with Gasteiger partial charge in [-0.3, -0.25) is 0 Å². The molecule has 0 spiro atoms. The second-order valence-electron chi connectivity index (χ2n) is 4.51. The lowest BCUT2D eigenvalue weighted by Crippen LogP contribution is -2.01. The van der Waals surface area contributed by atoms with Crippen molar-refractivity contribution < 1.29 is 9.50 Å². The third kappa shape index (κ3) is 4.22. The summed E-state index contributed by atoms with van der Waals surface area (Å²) in [6, 6.07) is 4.67. The molecule has 0 aromatic heterocycles. The third-order valence-electron chi connectivity index (χ3n) is 2.58. The lowest BCUT2D eigenvalue weighted by atomic mass is 10.00. The number of rotatable bonds is 5. The van der Waals surface area contributed by atoms with E-state index in [9.17, 15) is 9.50 Å². The number of aliphatic hydroxyl groups is 1. The Morgan fingerprint density at radius 3 is 2.62 bits per heavy atom. The summed E-state index contributed by atoms with van der Waals surface area (Å²) >= 11 is 3.28. The summed E-state index contributed by atoms with van der Waals surface area (Å²) in [5.41, 5.74) is 0.387. The Labute approximate surface area is 105 Å². The second-order valence-corrected chi connectivity index (χ2v) is 5.42. The van der Waals surface area contributed by atoms with Crippen LogP contribution < -0.4 is 0 Å². The van der Waals surface area contributed by atoms with Crippen LogP contribution in [0.4, 0.5) is 4.39 Å². The molecule has 0 aliphatic heterocycles. The molecule has 0 aliphatic carbocycles. The summed E-state index contributed by atoms with van der Waals surface area (Å²) in [6.07, 6.45) is 1.90. The molecule has 1 aromatic rings. The molecule has 1 nitrogen and oxygen atoms in total. The normalized spacial score (nSPS) is 13.1. The van der Waals surface area contributed by atoms with Crippen molar-refractivity contribution in [1.82, 2.24) is 0 Å². The first-order valence-corrected chi connectivity index (χ1v) is 6.43. The van der Waals surface area contributed by atoms with Gasteiger partial charge in [-0.25, -0.2) is 4.39 Å². The lowest BCUT2D eigenvalue weighted by Gasteiger charge is -2.13. The fourth-order valence-corrected chi connectivity index (χ4v) is 2.02. The van der Waals surface area contributed by atoms with Gasteiger partial charge in [0.2, 0.25) is 0 Å². The molecule has 0 bridgehead atoms. The van der Waals surface area contributed by atoms with Gasteiger partial charge >= 0.3 is 0 Å². The largest absolute Gasteiger partial charge is 0.388 e. The summed E-state index contributed by atoms with van der Waals surface area (Å²) in [4.78, 5) is 0. The highest BCUT2D eigenvalue weighted by Gasteiger charge is 2.13. The monoisotopic (exact) mass is 288 g/mol. The first-order chi connectivity index (χ1) is 7.50. The Morgan fingerprint density at radius 2 is 2.00 bits per heavy atom. The van der Waals surface area contributed by atoms with Crippen molar-refractivity contribution in [3.05, 3.63) is 34.1 Å².